The minimum absolute atomic E-state index is 0.0995. The van der Waals surface area contributed by atoms with Crippen molar-refractivity contribution in [3.63, 3.8) is 0 Å². The molecule has 0 aliphatic heterocycles. The molecule has 1 N–H and O–H groups in total. The van der Waals surface area contributed by atoms with Crippen LogP contribution in [0.3, 0.4) is 0 Å². The van der Waals surface area contributed by atoms with Crippen molar-refractivity contribution in [1.82, 2.24) is 5.32 Å². The Labute approximate surface area is 96.0 Å². The van der Waals surface area contributed by atoms with E-state index >= 15 is 0 Å². The Balaban J connectivity index is 2.39. The molecule has 0 saturated carbocycles. The summed E-state index contributed by atoms with van der Waals surface area (Å²) in [5, 5.41) is 2.27. The van der Waals surface area contributed by atoms with Gasteiger partial charge in [0.1, 0.15) is 5.60 Å². The molecule has 1 aliphatic carbocycles. The van der Waals surface area contributed by atoms with Gasteiger partial charge in [-0.15, -0.1) is 0 Å². The van der Waals surface area contributed by atoms with E-state index in [4.69, 9.17) is 4.74 Å². The Hall–Kier alpha value is -1.32. The second-order valence-electron chi connectivity index (χ2n) is 4.97. The predicted octanol–water partition coefficient (Wildman–Crippen LogP) is 2.39. The second kappa shape index (κ2) is 5.14. The summed E-state index contributed by atoms with van der Waals surface area (Å²) in [4.78, 5) is 23.0. The second-order valence-corrected chi connectivity index (χ2v) is 4.97. The van der Waals surface area contributed by atoms with Crippen LogP contribution in [-0.4, -0.2) is 17.6 Å². The van der Waals surface area contributed by atoms with Gasteiger partial charge in [-0.05, 0) is 40.0 Å². The first-order valence-corrected chi connectivity index (χ1v) is 5.57. The van der Waals surface area contributed by atoms with Gasteiger partial charge in [-0.1, -0.05) is 12.2 Å². The van der Waals surface area contributed by atoms with Crippen LogP contribution in [0.4, 0.5) is 4.79 Å². The summed E-state index contributed by atoms with van der Waals surface area (Å²) in [5.74, 6) is -0.337. The minimum atomic E-state index is -0.660. The Morgan fingerprint density at radius 1 is 1.31 bits per heavy atom. The number of carbonyl (C=O) groups is 2. The fraction of sp³-hybridized carbons (Fsp3) is 0.667. The molecule has 0 radical (unpaired) electrons. The lowest BCUT2D eigenvalue weighted by molar-refractivity contribution is -0.124. The zero-order valence-electron chi connectivity index (χ0n) is 10.1. The van der Waals surface area contributed by atoms with Gasteiger partial charge in [-0.2, -0.15) is 0 Å². The number of allylic oxidation sites excluding steroid dienone is 2. The summed E-state index contributed by atoms with van der Waals surface area (Å²) in [7, 11) is 0. The highest BCUT2D eigenvalue weighted by atomic mass is 16.6. The van der Waals surface area contributed by atoms with Gasteiger partial charge < -0.3 is 4.74 Å². The van der Waals surface area contributed by atoms with Crippen molar-refractivity contribution in [1.29, 1.82) is 0 Å². The zero-order chi connectivity index (χ0) is 12.2. The third-order valence-electron chi connectivity index (χ3n) is 2.26. The van der Waals surface area contributed by atoms with Crippen molar-refractivity contribution in [2.45, 2.75) is 45.6 Å². The quantitative estimate of drug-likeness (QED) is 0.697. The largest absolute Gasteiger partial charge is 0.444 e. The number of amides is 2. The molecule has 1 unspecified atom stereocenters. The molecular formula is C12H19NO3. The standard InChI is InChI=1S/C12H19NO3/c1-12(2,3)16-11(15)13-10(14)9-7-5-4-6-8-9/h4-5,9H,6-8H2,1-3H3,(H,13,14,15). The number of hydrogen-bond acceptors (Lipinski definition) is 3. The molecule has 0 aromatic heterocycles. The highest BCUT2D eigenvalue weighted by molar-refractivity contribution is 5.93. The number of alkyl carbamates (subject to hydrolysis) is 1. The Kier molecular flexibility index (Phi) is 4.10. The van der Waals surface area contributed by atoms with E-state index in [0.717, 1.165) is 12.8 Å². The molecule has 4 heteroatoms. The molecule has 0 spiro atoms. The summed E-state index contributed by atoms with van der Waals surface area (Å²) >= 11 is 0. The maximum absolute atomic E-state index is 11.6. The molecule has 0 aromatic rings. The van der Waals surface area contributed by atoms with Crippen molar-refractivity contribution >= 4 is 12.0 Å². The van der Waals surface area contributed by atoms with E-state index in [0.29, 0.717) is 6.42 Å². The lowest BCUT2D eigenvalue weighted by Gasteiger charge is -2.21. The van der Waals surface area contributed by atoms with E-state index in [1.54, 1.807) is 20.8 Å². The van der Waals surface area contributed by atoms with Crippen LogP contribution in [0.15, 0.2) is 12.2 Å². The monoisotopic (exact) mass is 225 g/mol. The fourth-order valence-corrected chi connectivity index (χ4v) is 1.54. The molecule has 0 bridgehead atoms. The lowest BCUT2D eigenvalue weighted by atomic mass is 9.94. The van der Waals surface area contributed by atoms with E-state index < -0.39 is 11.7 Å². The summed E-state index contributed by atoms with van der Waals surface area (Å²) < 4.78 is 5.01. The first-order chi connectivity index (χ1) is 7.38. The topological polar surface area (TPSA) is 55.4 Å². The molecule has 90 valence electrons. The molecule has 0 heterocycles. The fourth-order valence-electron chi connectivity index (χ4n) is 1.54. The van der Waals surface area contributed by atoms with Crippen LogP contribution in [0.2, 0.25) is 0 Å². The van der Waals surface area contributed by atoms with Crippen molar-refractivity contribution in [3.05, 3.63) is 12.2 Å². The van der Waals surface area contributed by atoms with Crippen LogP contribution in [0.5, 0.6) is 0 Å². The van der Waals surface area contributed by atoms with Gasteiger partial charge in [0, 0.05) is 5.92 Å². The maximum Gasteiger partial charge on any atom is 0.414 e. The molecule has 4 nitrogen and oxygen atoms in total. The molecule has 0 aromatic carbocycles. The van der Waals surface area contributed by atoms with Crippen LogP contribution in [0.25, 0.3) is 0 Å². The Morgan fingerprint density at radius 2 is 2.00 bits per heavy atom. The molecule has 0 fully saturated rings. The van der Waals surface area contributed by atoms with Gasteiger partial charge in [0.2, 0.25) is 5.91 Å². The number of imide groups is 1. The van der Waals surface area contributed by atoms with Crippen LogP contribution in [-0.2, 0) is 9.53 Å². The first-order valence-electron chi connectivity index (χ1n) is 5.57. The first kappa shape index (κ1) is 12.7. The maximum atomic E-state index is 11.6. The molecule has 16 heavy (non-hydrogen) atoms. The van der Waals surface area contributed by atoms with Crippen LogP contribution >= 0.6 is 0 Å². The van der Waals surface area contributed by atoms with Gasteiger partial charge in [-0.3, -0.25) is 10.1 Å². The van der Waals surface area contributed by atoms with Crippen LogP contribution < -0.4 is 5.32 Å². The van der Waals surface area contributed by atoms with Gasteiger partial charge in [0.15, 0.2) is 0 Å². The lowest BCUT2D eigenvalue weighted by Crippen LogP contribution is -2.39. The average molecular weight is 225 g/mol. The number of ether oxygens (including phenoxy) is 1. The number of nitrogens with one attached hydrogen (secondary N) is 1. The molecule has 0 saturated heterocycles. The highest BCUT2D eigenvalue weighted by Crippen LogP contribution is 2.18. The minimum Gasteiger partial charge on any atom is -0.444 e. The number of rotatable bonds is 1. The average Bonchev–Trinajstić information content (AvgIpc) is 2.16. The van der Waals surface area contributed by atoms with E-state index in [1.165, 1.54) is 0 Å². The smallest absolute Gasteiger partial charge is 0.414 e. The van der Waals surface area contributed by atoms with E-state index in [9.17, 15) is 9.59 Å². The molecular weight excluding hydrogens is 206 g/mol. The molecule has 1 atom stereocenters. The van der Waals surface area contributed by atoms with E-state index in [1.807, 2.05) is 6.08 Å². The normalized spacial score (nSPS) is 20.3. The third-order valence-corrected chi connectivity index (χ3v) is 2.26. The number of hydrogen-bond donors (Lipinski definition) is 1. The van der Waals surface area contributed by atoms with Gasteiger partial charge in [-0.25, -0.2) is 4.79 Å². The summed E-state index contributed by atoms with van der Waals surface area (Å²) in [6.45, 7) is 5.29. The van der Waals surface area contributed by atoms with Crippen molar-refractivity contribution in [2.75, 3.05) is 0 Å². The molecule has 1 aliphatic rings. The van der Waals surface area contributed by atoms with Gasteiger partial charge >= 0.3 is 6.09 Å². The molecule has 2 amide bonds. The van der Waals surface area contributed by atoms with Crippen LogP contribution in [0.1, 0.15) is 40.0 Å². The van der Waals surface area contributed by atoms with Crippen molar-refractivity contribution in [2.24, 2.45) is 5.92 Å². The van der Waals surface area contributed by atoms with Gasteiger partial charge in [0.05, 0.1) is 0 Å². The Morgan fingerprint density at radius 3 is 2.50 bits per heavy atom. The highest BCUT2D eigenvalue weighted by Gasteiger charge is 2.23. The predicted molar refractivity (Wildman–Crippen MR) is 60.9 cm³/mol. The Bertz CT molecular complexity index is 302. The van der Waals surface area contributed by atoms with Gasteiger partial charge in [0.25, 0.3) is 0 Å². The summed E-state index contributed by atoms with van der Waals surface area (Å²) in [5.41, 5.74) is -0.573. The summed E-state index contributed by atoms with van der Waals surface area (Å²) in [6, 6.07) is 0. The SMILES string of the molecule is CC(C)(C)OC(=O)NC(=O)C1CC=CCC1. The van der Waals surface area contributed by atoms with E-state index in [2.05, 4.69) is 11.4 Å². The van der Waals surface area contributed by atoms with Crippen molar-refractivity contribution < 1.29 is 14.3 Å². The third kappa shape index (κ3) is 4.47. The van der Waals surface area contributed by atoms with Crippen LogP contribution in [0, 0.1) is 5.92 Å². The molecule has 1 rings (SSSR count). The summed E-state index contributed by atoms with van der Waals surface area (Å²) in [6.07, 6.45) is 5.76. The zero-order valence-corrected chi connectivity index (χ0v) is 10.1. The van der Waals surface area contributed by atoms with E-state index in [-0.39, 0.29) is 11.8 Å². The number of carbonyl (C=O) groups excluding carboxylic acids is 2. The van der Waals surface area contributed by atoms with Crippen molar-refractivity contribution in [3.8, 4) is 0 Å².